The normalized spacial score (nSPS) is 23.6. The molecule has 0 radical (unpaired) electrons. The zero-order valence-corrected chi connectivity index (χ0v) is 11.5. The molecule has 0 spiro atoms. The van der Waals surface area contributed by atoms with E-state index in [4.69, 9.17) is 14.6 Å². The second-order valence-electron chi connectivity index (χ2n) is 5.39. The van der Waals surface area contributed by atoms with E-state index in [1.165, 1.54) is 0 Å². The molecule has 0 bridgehead atoms. The molecule has 21 heavy (non-hydrogen) atoms. The molecular formula is C15H17NO5. The molecule has 6 heteroatoms. The topological polar surface area (TPSA) is 84.9 Å². The number of ether oxygens (including phenoxy) is 2. The highest BCUT2D eigenvalue weighted by molar-refractivity contribution is 5.93. The highest BCUT2D eigenvalue weighted by Crippen LogP contribution is 2.34. The Hall–Kier alpha value is -2.24. The summed E-state index contributed by atoms with van der Waals surface area (Å²) in [5.41, 5.74) is 0.642. The summed E-state index contributed by atoms with van der Waals surface area (Å²) in [4.78, 5) is 23.1. The highest BCUT2D eigenvalue weighted by atomic mass is 16.6. The quantitative estimate of drug-likeness (QED) is 0.888. The molecule has 1 saturated carbocycles. The summed E-state index contributed by atoms with van der Waals surface area (Å²) in [6.45, 7) is 1.02. The Labute approximate surface area is 122 Å². The Kier molecular flexibility index (Phi) is 3.68. The molecule has 1 heterocycles. The lowest BCUT2D eigenvalue weighted by atomic mass is 10.0. The molecule has 0 saturated heterocycles. The first-order chi connectivity index (χ1) is 10.1. The number of carboxylic acids is 1. The first-order valence-electron chi connectivity index (χ1n) is 7.07. The molecule has 0 aromatic heterocycles. The second kappa shape index (κ2) is 5.63. The Bertz CT molecular complexity index is 571. The Balaban J connectivity index is 1.64. The molecule has 1 aromatic carbocycles. The zero-order chi connectivity index (χ0) is 14.8. The standard InChI is InChI=1S/C15H17NO5/c17-14(9-1-2-10(7-9)15(18)19)16-11-3-4-12-13(8-11)21-6-5-20-12/h3-4,8-10H,1-2,5-7H2,(H,16,17)(H,18,19). The number of carbonyl (C=O) groups is 2. The van der Waals surface area contributed by atoms with Gasteiger partial charge in [-0.1, -0.05) is 0 Å². The number of carbonyl (C=O) groups excluding carboxylic acids is 1. The number of hydrogen-bond acceptors (Lipinski definition) is 4. The van der Waals surface area contributed by atoms with Gasteiger partial charge < -0.3 is 19.9 Å². The van der Waals surface area contributed by atoms with Crippen LogP contribution in [0.1, 0.15) is 19.3 Å². The van der Waals surface area contributed by atoms with Gasteiger partial charge in [0.05, 0.1) is 5.92 Å². The monoisotopic (exact) mass is 291 g/mol. The van der Waals surface area contributed by atoms with Crippen molar-refractivity contribution in [3.63, 3.8) is 0 Å². The van der Waals surface area contributed by atoms with Crippen LogP contribution in [-0.2, 0) is 9.59 Å². The molecule has 112 valence electrons. The molecule has 1 aliphatic heterocycles. The van der Waals surface area contributed by atoms with Gasteiger partial charge >= 0.3 is 5.97 Å². The van der Waals surface area contributed by atoms with E-state index in [1.54, 1.807) is 18.2 Å². The molecule has 3 rings (SSSR count). The van der Waals surface area contributed by atoms with Gasteiger partial charge in [0.2, 0.25) is 5.91 Å². The van der Waals surface area contributed by atoms with E-state index >= 15 is 0 Å². The van der Waals surface area contributed by atoms with Crippen LogP contribution in [0.15, 0.2) is 18.2 Å². The van der Waals surface area contributed by atoms with Crippen LogP contribution < -0.4 is 14.8 Å². The number of rotatable bonds is 3. The van der Waals surface area contributed by atoms with Crippen LogP contribution in [0.4, 0.5) is 5.69 Å². The average Bonchev–Trinajstić information content (AvgIpc) is 2.97. The van der Waals surface area contributed by atoms with Crippen LogP contribution in [0.5, 0.6) is 11.5 Å². The van der Waals surface area contributed by atoms with E-state index < -0.39 is 11.9 Å². The van der Waals surface area contributed by atoms with E-state index in [1.807, 2.05) is 0 Å². The SMILES string of the molecule is O=C(O)C1CCC(C(=O)Nc2ccc3c(c2)OCCO3)C1. The fourth-order valence-corrected chi connectivity index (χ4v) is 2.81. The van der Waals surface area contributed by atoms with E-state index in [-0.39, 0.29) is 11.8 Å². The van der Waals surface area contributed by atoms with E-state index in [0.29, 0.717) is 49.7 Å². The molecule has 2 aliphatic rings. The van der Waals surface area contributed by atoms with E-state index in [9.17, 15) is 9.59 Å². The molecule has 1 aliphatic carbocycles. The molecule has 1 amide bonds. The molecular weight excluding hydrogens is 274 g/mol. The Morgan fingerprint density at radius 2 is 1.81 bits per heavy atom. The van der Waals surface area contributed by atoms with Gasteiger partial charge in [-0.3, -0.25) is 9.59 Å². The number of carboxylic acid groups (broad SMARTS) is 1. The van der Waals surface area contributed by atoms with Crippen molar-refractivity contribution in [3.05, 3.63) is 18.2 Å². The van der Waals surface area contributed by atoms with Gasteiger partial charge in [0.25, 0.3) is 0 Å². The van der Waals surface area contributed by atoms with Crippen molar-refractivity contribution in [2.75, 3.05) is 18.5 Å². The van der Waals surface area contributed by atoms with Crippen molar-refractivity contribution in [2.24, 2.45) is 11.8 Å². The lowest BCUT2D eigenvalue weighted by molar-refractivity contribution is -0.141. The maximum Gasteiger partial charge on any atom is 0.306 e. The third-order valence-electron chi connectivity index (χ3n) is 3.96. The number of aliphatic carboxylic acids is 1. The highest BCUT2D eigenvalue weighted by Gasteiger charge is 2.33. The largest absolute Gasteiger partial charge is 0.486 e. The Morgan fingerprint density at radius 3 is 2.52 bits per heavy atom. The van der Waals surface area contributed by atoms with Gasteiger partial charge in [-0.05, 0) is 31.4 Å². The molecule has 1 fully saturated rings. The van der Waals surface area contributed by atoms with E-state index in [0.717, 1.165) is 0 Å². The minimum Gasteiger partial charge on any atom is -0.486 e. The smallest absolute Gasteiger partial charge is 0.306 e. The van der Waals surface area contributed by atoms with Crippen LogP contribution >= 0.6 is 0 Å². The van der Waals surface area contributed by atoms with Gasteiger partial charge in [0, 0.05) is 17.7 Å². The van der Waals surface area contributed by atoms with Gasteiger partial charge in [0.15, 0.2) is 11.5 Å². The van der Waals surface area contributed by atoms with Crippen molar-refractivity contribution in [1.82, 2.24) is 0 Å². The summed E-state index contributed by atoms with van der Waals surface area (Å²) in [7, 11) is 0. The number of nitrogens with one attached hydrogen (secondary N) is 1. The summed E-state index contributed by atoms with van der Waals surface area (Å²) in [6, 6.07) is 5.25. The van der Waals surface area contributed by atoms with Gasteiger partial charge in [-0.25, -0.2) is 0 Å². The van der Waals surface area contributed by atoms with Gasteiger partial charge in [-0.2, -0.15) is 0 Å². The summed E-state index contributed by atoms with van der Waals surface area (Å²) in [5.74, 6) is -0.291. The summed E-state index contributed by atoms with van der Waals surface area (Å²) in [5, 5.41) is 11.8. The van der Waals surface area contributed by atoms with Crippen LogP contribution in [0.25, 0.3) is 0 Å². The van der Waals surface area contributed by atoms with Gasteiger partial charge in [0.1, 0.15) is 13.2 Å². The molecule has 2 unspecified atom stereocenters. The summed E-state index contributed by atoms with van der Waals surface area (Å²) < 4.78 is 10.9. The fraction of sp³-hybridized carbons (Fsp3) is 0.467. The molecule has 6 nitrogen and oxygen atoms in total. The number of fused-ring (bicyclic) bond motifs is 1. The third-order valence-corrected chi connectivity index (χ3v) is 3.96. The first kappa shape index (κ1) is 13.7. The van der Waals surface area contributed by atoms with E-state index in [2.05, 4.69) is 5.32 Å². The minimum atomic E-state index is -0.815. The van der Waals surface area contributed by atoms with Crippen molar-refractivity contribution in [3.8, 4) is 11.5 Å². The average molecular weight is 291 g/mol. The number of hydrogen-bond donors (Lipinski definition) is 2. The van der Waals surface area contributed by atoms with Crippen molar-refractivity contribution in [1.29, 1.82) is 0 Å². The van der Waals surface area contributed by atoms with Gasteiger partial charge in [-0.15, -0.1) is 0 Å². The van der Waals surface area contributed by atoms with Crippen LogP contribution in [0.3, 0.4) is 0 Å². The first-order valence-corrected chi connectivity index (χ1v) is 7.07. The maximum atomic E-state index is 12.2. The van der Waals surface area contributed by atoms with Crippen LogP contribution in [0, 0.1) is 11.8 Å². The third kappa shape index (κ3) is 2.94. The van der Waals surface area contributed by atoms with Crippen LogP contribution in [-0.4, -0.2) is 30.2 Å². The number of amides is 1. The number of anilines is 1. The lowest BCUT2D eigenvalue weighted by Crippen LogP contribution is -2.22. The minimum absolute atomic E-state index is 0.129. The predicted molar refractivity (Wildman–Crippen MR) is 74.5 cm³/mol. The molecule has 2 N–H and O–H groups in total. The zero-order valence-electron chi connectivity index (χ0n) is 11.5. The second-order valence-corrected chi connectivity index (χ2v) is 5.39. The lowest BCUT2D eigenvalue weighted by Gasteiger charge is -2.19. The van der Waals surface area contributed by atoms with Crippen molar-refractivity contribution >= 4 is 17.6 Å². The summed E-state index contributed by atoms with van der Waals surface area (Å²) >= 11 is 0. The molecule has 1 aromatic rings. The summed E-state index contributed by atoms with van der Waals surface area (Å²) in [6.07, 6.45) is 1.59. The number of benzene rings is 1. The molecule has 2 atom stereocenters. The Morgan fingerprint density at radius 1 is 1.10 bits per heavy atom. The fourth-order valence-electron chi connectivity index (χ4n) is 2.81. The van der Waals surface area contributed by atoms with Crippen molar-refractivity contribution in [2.45, 2.75) is 19.3 Å². The van der Waals surface area contributed by atoms with Crippen LogP contribution in [0.2, 0.25) is 0 Å². The van der Waals surface area contributed by atoms with Crippen molar-refractivity contribution < 1.29 is 24.2 Å². The predicted octanol–water partition coefficient (Wildman–Crippen LogP) is 1.90. The maximum absolute atomic E-state index is 12.2.